The Morgan fingerprint density at radius 1 is 1.25 bits per heavy atom. The molecule has 0 N–H and O–H groups in total. The Morgan fingerprint density at radius 3 is 2.55 bits per heavy atom. The Labute approximate surface area is 121 Å². The topological polar surface area (TPSA) is 53.8 Å². The molecule has 20 heavy (non-hydrogen) atoms. The monoisotopic (exact) mass is 284 g/mol. The highest BCUT2D eigenvalue weighted by Gasteiger charge is 2.07. The van der Waals surface area contributed by atoms with Crippen molar-refractivity contribution in [3.05, 3.63) is 59.4 Å². The average Bonchev–Trinajstić information content (AvgIpc) is 2.47. The first-order valence-corrected chi connectivity index (χ1v) is 7.75. The number of benzene rings is 1. The number of hydrogen-bond acceptors (Lipinski definition) is 3. The lowest BCUT2D eigenvalue weighted by Crippen LogP contribution is -1.98. The highest BCUT2D eigenvalue weighted by Crippen LogP contribution is 2.18. The molecule has 0 aliphatic carbocycles. The molecular weight excluding hydrogens is 268 g/mol. The van der Waals surface area contributed by atoms with Gasteiger partial charge in [-0.15, -0.1) is 0 Å². The van der Waals surface area contributed by atoms with Crippen molar-refractivity contribution in [2.24, 2.45) is 0 Å². The maximum Gasteiger partial charge on any atom is 0.140 e. The van der Waals surface area contributed by atoms with Crippen LogP contribution in [-0.2, 0) is 16.6 Å². The van der Waals surface area contributed by atoms with E-state index in [4.69, 9.17) is 5.26 Å². The number of rotatable bonds is 4. The summed E-state index contributed by atoms with van der Waals surface area (Å²) in [6.07, 6.45) is 1.58. The highest BCUT2D eigenvalue weighted by molar-refractivity contribution is 7.84. The quantitative estimate of drug-likeness (QED) is 0.864. The Kier molecular flexibility index (Phi) is 4.65. The van der Waals surface area contributed by atoms with Crippen LogP contribution in [0.1, 0.15) is 36.6 Å². The van der Waals surface area contributed by atoms with Crippen molar-refractivity contribution in [2.45, 2.75) is 30.4 Å². The maximum atomic E-state index is 12.3. The number of nitrogens with zero attached hydrogens (tertiary/aromatic N) is 2. The molecule has 102 valence electrons. The average molecular weight is 284 g/mol. The first kappa shape index (κ1) is 14.4. The van der Waals surface area contributed by atoms with Crippen LogP contribution in [0, 0.1) is 11.3 Å². The van der Waals surface area contributed by atoms with E-state index in [9.17, 15) is 4.21 Å². The smallest absolute Gasteiger partial charge is 0.140 e. The van der Waals surface area contributed by atoms with Gasteiger partial charge in [0.2, 0.25) is 0 Å². The minimum Gasteiger partial charge on any atom is -0.254 e. The SMILES string of the molecule is CC(C)c1ccc(S(=O)Cc2ccnc(C#N)c2)cc1. The van der Waals surface area contributed by atoms with Gasteiger partial charge in [-0.1, -0.05) is 26.0 Å². The van der Waals surface area contributed by atoms with Gasteiger partial charge in [0.15, 0.2) is 0 Å². The lowest BCUT2D eigenvalue weighted by molar-refractivity contribution is 0.682. The normalized spacial score (nSPS) is 12.1. The van der Waals surface area contributed by atoms with Gasteiger partial charge in [-0.25, -0.2) is 4.98 Å². The largest absolute Gasteiger partial charge is 0.254 e. The van der Waals surface area contributed by atoms with Crippen molar-refractivity contribution < 1.29 is 4.21 Å². The fourth-order valence-corrected chi connectivity index (χ4v) is 2.95. The van der Waals surface area contributed by atoms with Gasteiger partial charge in [-0.2, -0.15) is 5.26 Å². The standard InChI is InChI=1S/C16H16N2OS/c1-12(2)14-3-5-16(6-4-14)20(19)11-13-7-8-18-15(9-13)10-17/h3-9,12H,11H2,1-2H3. The second kappa shape index (κ2) is 6.44. The molecule has 0 aliphatic rings. The predicted octanol–water partition coefficient (Wildman–Crippen LogP) is 3.38. The van der Waals surface area contributed by atoms with E-state index in [-0.39, 0.29) is 0 Å². The van der Waals surface area contributed by atoms with E-state index in [1.54, 1.807) is 18.3 Å². The fourth-order valence-electron chi connectivity index (χ4n) is 1.86. The second-order valence-electron chi connectivity index (χ2n) is 4.87. The Morgan fingerprint density at radius 2 is 1.95 bits per heavy atom. The zero-order chi connectivity index (χ0) is 14.5. The van der Waals surface area contributed by atoms with E-state index in [0.717, 1.165) is 10.5 Å². The molecule has 0 bridgehead atoms. The van der Waals surface area contributed by atoms with Crippen molar-refractivity contribution in [3.8, 4) is 6.07 Å². The third kappa shape index (κ3) is 3.52. The summed E-state index contributed by atoms with van der Waals surface area (Å²) in [4.78, 5) is 4.72. The van der Waals surface area contributed by atoms with Gasteiger partial charge >= 0.3 is 0 Å². The summed E-state index contributed by atoms with van der Waals surface area (Å²) in [5, 5.41) is 8.81. The molecule has 0 aliphatic heterocycles. The van der Waals surface area contributed by atoms with Gasteiger partial charge in [0.05, 0.1) is 16.6 Å². The van der Waals surface area contributed by atoms with Crippen LogP contribution >= 0.6 is 0 Å². The summed E-state index contributed by atoms with van der Waals surface area (Å²) in [5.41, 5.74) is 2.46. The summed E-state index contributed by atoms with van der Waals surface area (Å²) in [6, 6.07) is 13.3. The van der Waals surface area contributed by atoms with E-state index in [2.05, 4.69) is 18.8 Å². The molecule has 0 fully saturated rings. The molecule has 2 aromatic rings. The molecule has 3 nitrogen and oxygen atoms in total. The van der Waals surface area contributed by atoms with Crippen LogP contribution in [-0.4, -0.2) is 9.19 Å². The van der Waals surface area contributed by atoms with Gasteiger partial charge in [0.1, 0.15) is 11.8 Å². The molecule has 0 amide bonds. The van der Waals surface area contributed by atoms with Crippen LogP contribution in [0.25, 0.3) is 0 Å². The van der Waals surface area contributed by atoms with Crippen LogP contribution in [0.5, 0.6) is 0 Å². The van der Waals surface area contributed by atoms with Crippen LogP contribution in [0.4, 0.5) is 0 Å². The first-order chi connectivity index (χ1) is 9.60. The Bertz CT molecular complexity index is 657. The summed E-state index contributed by atoms with van der Waals surface area (Å²) in [6.45, 7) is 4.26. The summed E-state index contributed by atoms with van der Waals surface area (Å²) >= 11 is 0. The van der Waals surface area contributed by atoms with Gasteiger partial charge in [0, 0.05) is 11.1 Å². The third-order valence-electron chi connectivity index (χ3n) is 3.05. The predicted molar refractivity (Wildman–Crippen MR) is 79.6 cm³/mol. The minimum atomic E-state index is -1.10. The molecular formula is C16H16N2OS. The fraction of sp³-hybridized carbons (Fsp3) is 0.250. The first-order valence-electron chi connectivity index (χ1n) is 6.43. The van der Waals surface area contributed by atoms with E-state index >= 15 is 0 Å². The highest BCUT2D eigenvalue weighted by atomic mass is 32.2. The maximum absolute atomic E-state index is 12.3. The number of hydrogen-bond donors (Lipinski definition) is 0. The van der Waals surface area contributed by atoms with Crippen LogP contribution in [0.3, 0.4) is 0 Å². The molecule has 1 aromatic carbocycles. The molecule has 0 saturated heterocycles. The lowest BCUT2D eigenvalue weighted by Gasteiger charge is -2.07. The zero-order valence-corrected chi connectivity index (χ0v) is 12.4. The summed E-state index contributed by atoms with van der Waals surface area (Å²) in [5.74, 6) is 0.869. The van der Waals surface area contributed by atoms with Gasteiger partial charge in [-0.3, -0.25) is 4.21 Å². The number of aromatic nitrogens is 1. The number of nitriles is 1. The minimum absolute atomic E-state index is 0.356. The van der Waals surface area contributed by atoms with Crippen molar-refractivity contribution in [2.75, 3.05) is 0 Å². The van der Waals surface area contributed by atoms with Crippen molar-refractivity contribution in [3.63, 3.8) is 0 Å². The van der Waals surface area contributed by atoms with Gasteiger partial charge in [-0.05, 0) is 41.3 Å². The second-order valence-corrected chi connectivity index (χ2v) is 6.33. The molecule has 1 atom stereocenters. The molecule has 1 unspecified atom stereocenters. The van der Waals surface area contributed by atoms with Crippen molar-refractivity contribution >= 4 is 10.8 Å². The van der Waals surface area contributed by atoms with Crippen LogP contribution in [0.2, 0.25) is 0 Å². The summed E-state index contributed by atoms with van der Waals surface area (Å²) < 4.78 is 12.3. The van der Waals surface area contributed by atoms with Gasteiger partial charge < -0.3 is 0 Å². The molecule has 1 aromatic heterocycles. The molecule has 1 heterocycles. The molecule has 0 radical (unpaired) electrons. The van der Waals surface area contributed by atoms with Crippen molar-refractivity contribution in [1.82, 2.24) is 4.98 Å². The molecule has 0 saturated carbocycles. The molecule has 4 heteroatoms. The van der Waals surface area contributed by atoms with Crippen molar-refractivity contribution in [1.29, 1.82) is 5.26 Å². The van der Waals surface area contributed by atoms with E-state index < -0.39 is 10.8 Å². The lowest BCUT2D eigenvalue weighted by atomic mass is 10.0. The zero-order valence-electron chi connectivity index (χ0n) is 11.5. The Balaban J connectivity index is 2.13. The van der Waals surface area contributed by atoms with Crippen LogP contribution in [0.15, 0.2) is 47.5 Å². The molecule has 0 spiro atoms. The van der Waals surface area contributed by atoms with Gasteiger partial charge in [0.25, 0.3) is 0 Å². The van der Waals surface area contributed by atoms with Crippen LogP contribution < -0.4 is 0 Å². The van der Waals surface area contributed by atoms with E-state index in [1.807, 2.05) is 30.3 Å². The molecule has 2 rings (SSSR count). The van der Waals surface area contributed by atoms with E-state index in [0.29, 0.717) is 17.4 Å². The summed E-state index contributed by atoms with van der Waals surface area (Å²) in [7, 11) is -1.10. The number of pyridine rings is 1. The third-order valence-corrected chi connectivity index (χ3v) is 4.44. The Hall–Kier alpha value is -1.99. The van der Waals surface area contributed by atoms with E-state index in [1.165, 1.54) is 5.56 Å².